The standard InChI is InChI=1S/C19H16F3N5O2/c20-19(21,22)18-24-16(25-29-18)14-6-7-15(23-12-14)26-8-10-27(11-9-26)17(28)13-4-2-1-3-5-13/h1-7,12H,8-11H2. The summed E-state index contributed by atoms with van der Waals surface area (Å²) < 4.78 is 42.0. The van der Waals surface area contributed by atoms with Crippen molar-refractivity contribution in [1.29, 1.82) is 0 Å². The zero-order chi connectivity index (χ0) is 20.4. The molecule has 3 aromatic rings. The molecule has 0 atom stereocenters. The second-order valence-corrected chi connectivity index (χ2v) is 6.47. The SMILES string of the molecule is O=C(c1ccccc1)N1CCN(c2ccc(-c3noc(C(F)(F)F)n3)cn2)CC1. The molecule has 1 saturated heterocycles. The van der Waals surface area contributed by atoms with E-state index in [1.165, 1.54) is 6.20 Å². The Hall–Kier alpha value is -3.43. The first-order chi connectivity index (χ1) is 13.9. The average molecular weight is 403 g/mol. The molecule has 0 N–H and O–H groups in total. The number of hydrogen-bond acceptors (Lipinski definition) is 6. The fraction of sp³-hybridized carbons (Fsp3) is 0.263. The summed E-state index contributed by atoms with van der Waals surface area (Å²) in [5.74, 6) is -0.906. The van der Waals surface area contributed by atoms with E-state index in [0.717, 1.165) is 0 Å². The van der Waals surface area contributed by atoms with E-state index in [9.17, 15) is 18.0 Å². The van der Waals surface area contributed by atoms with Crippen molar-refractivity contribution in [2.45, 2.75) is 6.18 Å². The third-order valence-electron chi connectivity index (χ3n) is 4.59. The molecule has 0 bridgehead atoms. The number of alkyl halides is 3. The van der Waals surface area contributed by atoms with Gasteiger partial charge in [0, 0.05) is 43.5 Å². The number of anilines is 1. The highest BCUT2D eigenvalue weighted by Gasteiger charge is 2.38. The van der Waals surface area contributed by atoms with Crippen LogP contribution in [-0.4, -0.2) is 52.1 Å². The number of benzene rings is 1. The summed E-state index contributed by atoms with van der Waals surface area (Å²) in [6, 6.07) is 12.4. The summed E-state index contributed by atoms with van der Waals surface area (Å²) in [6.07, 6.45) is -3.28. The minimum atomic E-state index is -4.69. The Kier molecular flexibility index (Phi) is 4.91. The predicted octanol–water partition coefficient (Wildman–Crippen LogP) is 3.11. The molecule has 4 rings (SSSR count). The van der Waals surface area contributed by atoms with Crippen LogP contribution in [0.4, 0.5) is 19.0 Å². The van der Waals surface area contributed by atoms with Crippen LogP contribution in [0.1, 0.15) is 16.2 Å². The molecule has 1 aliphatic rings. The first-order valence-electron chi connectivity index (χ1n) is 8.88. The van der Waals surface area contributed by atoms with Crippen LogP contribution >= 0.6 is 0 Å². The number of carbonyl (C=O) groups is 1. The highest BCUT2D eigenvalue weighted by molar-refractivity contribution is 5.94. The zero-order valence-corrected chi connectivity index (χ0v) is 15.1. The Labute approximate surface area is 163 Å². The molecule has 1 aliphatic heterocycles. The van der Waals surface area contributed by atoms with Crippen LogP contribution in [0.2, 0.25) is 0 Å². The van der Waals surface area contributed by atoms with Gasteiger partial charge in [-0.1, -0.05) is 23.4 Å². The molecule has 0 aliphatic carbocycles. The molecule has 0 radical (unpaired) electrons. The summed E-state index contributed by atoms with van der Waals surface area (Å²) in [4.78, 5) is 24.0. The topological polar surface area (TPSA) is 75.4 Å². The van der Waals surface area contributed by atoms with Gasteiger partial charge >= 0.3 is 12.1 Å². The van der Waals surface area contributed by atoms with Gasteiger partial charge in [0.05, 0.1) is 0 Å². The van der Waals surface area contributed by atoms with E-state index < -0.39 is 12.1 Å². The second kappa shape index (κ2) is 7.53. The maximum Gasteiger partial charge on any atom is 0.471 e. The normalized spacial score (nSPS) is 14.9. The van der Waals surface area contributed by atoms with Gasteiger partial charge in [0.2, 0.25) is 5.82 Å². The number of rotatable bonds is 3. The van der Waals surface area contributed by atoms with E-state index in [-0.39, 0.29) is 11.7 Å². The van der Waals surface area contributed by atoms with Crippen molar-refractivity contribution >= 4 is 11.7 Å². The minimum absolute atomic E-state index is 0.00821. The molecule has 3 heterocycles. The molecule has 29 heavy (non-hydrogen) atoms. The van der Waals surface area contributed by atoms with Crippen LogP contribution in [0.15, 0.2) is 53.2 Å². The van der Waals surface area contributed by atoms with Crippen molar-refractivity contribution in [2.24, 2.45) is 0 Å². The van der Waals surface area contributed by atoms with Crippen molar-refractivity contribution in [3.63, 3.8) is 0 Å². The van der Waals surface area contributed by atoms with Crippen molar-refractivity contribution in [2.75, 3.05) is 31.1 Å². The van der Waals surface area contributed by atoms with Crippen LogP contribution in [0.3, 0.4) is 0 Å². The molecule has 10 heteroatoms. The number of pyridine rings is 1. The van der Waals surface area contributed by atoms with Gasteiger partial charge < -0.3 is 14.3 Å². The summed E-state index contributed by atoms with van der Waals surface area (Å²) in [7, 11) is 0. The number of piperazine rings is 1. The number of halogens is 3. The van der Waals surface area contributed by atoms with Gasteiger partial charge in [-0.15, -0.1) is 0 Å². The summed E-state index contributed by atoms with van der Waals surface area (Å²) >= 11 is 0. The molecule has 150 valence electrons. The van der Waals surface area contributed by atoms with E-state index in [2.05, 4.69) is 19.6 Å². The predicted molar refractivity (Wildman–Crippen MR) is 97.1 cm³/mol. The fourth-order valence-corrected chi connectivity index (χ4v) is 3.06. The van der Waals surface area contributed by atoms with Crippen molar-refractivity contribution in [1.82, 2.24) is 20.0 Å². The molecule has 0 saturated carbocycles. The zero-order valence-electron chi connectivity index (χ0n) is 15.1. The van der Waals surface area contributed by atoms with E-state index in [0.29, 0.717) is 43.1 Å². The van der Waals surface area contributed by atoms with Crippen LogP contribution in [-0.2, 0) is 6.18 Å². The Morgan fingerprint density at radius 3 is 2.31 bits per heavy atom. The number of nitrogens with zero attached hydrogens (tertiary/aromatic N) is 5. The lowest BCUT2D eigenvalue weighted by atomic mass is 10.2. The van der Waals surface area contributed by atoms with Crippen molar-refractivity contribution < 1.29 is 22.5 Å². The van der Waals surface area contributed by atoms with Crippen LogP contribution in [0.25, 0.3) is 11.4 Å². The maximum atomic E-state index is 12.6. The van der Waals surface area contributed by atoms with Gasteiger partial charge in [-0.05, 0) is 24.3 Å². The smallest absolute Gasteiger partial charge is 0.353 e. The highest BCUT2D eigenvalue weighted by Crippen LogP contribution is 2.29. The lowest BCUT2D eigenvalue weighted by Gasteiger charge is -2.35. The van der Waals surface area contributed by atoms with Crippen LogP contribution < -0.4 is 4.90 Å². The van der Waals surface area contributed by atoms with E-state index in [1.54, 1.807) is 29.2 Å². The lowest BCUT2D eigenvalue weighted by molar-refractivity contribution is -0.159. The van der Waals surface area contributed by atoms with Crippen molar-refractivity contribution in [3.8, 4) is 11.4 Å². The first-order valence-corrected chi connectivity index (χ1v) is 8.88. The average Bonchev–Trinajstić information content (AvgIpc) is 3.25. The third kappa shape index (κ3) is 4.05. The Balaban J connectivity index is 1.39. The van der Waals surface area contributed by atoms with Gasteiger partial charge in [0.1, 0.15) is 5.82 Å². The van der Waals surface area contributed by atoms with E-state index in [4.69, 9.17) is 0 Å². The molecular formula is C19H16F3N5O2. The molecule has 1 aromatic carbocycles. The fourth-order valence-electron chi connectivity index (χ4n) is 3.06. The number of amides is 1. The summed E-state index contributed by atoms with van der Waals surface area (Å²) in [5.41, 5.74) is 0.979. The Morgan fingerprint density at radius 1 is 1.00 bits per heavy atom. The van der Waals surface area contributed by atoms with Gasteiger partial charge in [-0.2, -0.15) is 18.2 Å². The number of carbonyl (C=O) groups excluding carboxylic acids is 1. The third-order valence-corrected chi connectivity index (χ3v) is 4.59. The van der Waals surface area contributed by atoms with E-state index >= 15 is 0 Å². The van der Waals surface area contributed by atoms with Crippen LogP contribution in [0.5, 0.6) is 0 Å². The van der Waals surface area contributed by atoms with Crippen molar-refractivity contribution in [3.05, 3.63) is 60.1 Å². The minimum Gasteiger partial charge on any atom is -0.353 e. The first kappa shape index (κ1) is 18.9. The monoisotopic (exact) mass is 403 g/mol. The summed E-state index contributed by atoms with van der Waals surface area (Å²) in [6.45, 7) is 2.31. The van der Waals surface area contributed by atoms with Crippen LogP contribution in [0, 0.1) is 0 Å². The van der Waals surface area contributed by atoms with Gasteiger partial charge in [-0.3, -0.25) is 4.79 Å². The number of aromatic nitrogens is 3. The highest BCUT2D eigenvalue weighted by atomic mass is 19.4. The molecule has 1 fully saturated rings. The van der Waals surface area contributed by atoms with E-state index in [1.807, 2.05) is 23.1 Å². The number of hydrogen-bond donors (Lipinski definition) is 0. The molecular weight excluding hydrogens is 387 g/mol. The quantitative estimate of drug-likeness (QED) is 0.669. The molecule has 0 unspecified atom stereocenters. The molecule has 7 nitrogen and oxygen atoms in total. The van der Waals surface area contributed by atoms with Gasteiger partial charge in [0.15, 0.2) is 0 Å². The largest absolute Gasteiger partial charge is 0.471 e. The molecule has 2 aromatic heterocycles. The lowest BCUT2D eigenvalue weighted by Crippen LogP contribution is -2.49. The van der Waals surface area contributed by atoms with Gasteiger partial charge in [0.25, 0.3) is 5.91 Å². The Bertz CT molecular complexity index is 981. The second-order valence-electron chi connectivity index (χ2n) is 6.47. The molecule has 1 amide bonds. The Morgan fingerprint density at radius 2 is 1.72 bits per heavy atom. The van der Waals surface area contributed by atoms with Gasteiger partial charge in [-0.25, -0.2) is 4.98 Å². The molecule has 0 spiro atoms. The summed E-state index contributed by atoms with van der Waals surface area (Å²) in [5, 5.41) is 3.35. The maximum absolute atomic E-state index is 12.6.